The Bertz CT molecular complexity index is 1130. The quantitative estimate of drug-likeness (QED) is 0.529. The van der Waals surface area contributed by atoms with E-state index >= 15 is 0 Å². The molecule has 1 heterocycles. The number of carbonyl (C=O) groups is 2. The zero-order chi connectivity index (χ0) is 23.9. The molecule has 0 bridgehead atoms. The highest BCUT2D eigenvalue weighted by Crippen LogP contribution is 2.25. The molecular formula is C27H29N3O4. The molecule has 176 valence electrons. The summed E-state index contributed by atoms with van der Waals surface area (Å²) in [7, 11) is 3.25. The van der Waals surface area contributed by atoms with Gasteiger partial charge in [0, 0.05) is 30.0 Å². The molecule has 0 radical (unpaired) electrons. The fourth-order valence-corrected chi connectivity index (χ4v) is 4.07. The number of hydrogen-bond acceptors (Lipinski definition) is 4. The van der Waals surface area contributed by atoms with Crippen LogP contribution in [0.3, 0.4) is 0 Å². The number of carbonyl (C=O) groups excluding carboxylic acids is 2. The van der Waals surface area contributed by atoms with E-state index in [9.17, 15) is 9.59 Å². The van der Waals surface area contributed by atoms with Gasteiger partial charge in [-0.2, -0.15) is 0 Å². The van der Waals surface area contributed by atoms with E-state index in [2.05, 4.69) is 5.32 Å². The molecule has 4 rings (SSSR count). The minimum atomic E-state index is -0.102. The molecule has 1 fully saturated rings. The summed E-state index contributed by atoms with van der Waals surface area (Å²) in [6, 6.07) is 22.5. The molecule has 7 nitrogen and oxygen atoms in total. The van der Waals surface area contributed by atoms with Crippen LogP contribution in [0.25, 0.3) is 0 Å². The molecule has 1 aliphatic heterocycles. The highest BCUT2D eigenvalue weighted by Gasteiger charge is 2.27. The lowest BCUT2D eigenvalue weighted by atomic mass is 10.1. The van der Waals surface area contributed by atoms with Gasteiger partial charge < -0.3 is 19.7 Å². The van der Waals surface area contributed by atoms with E-state index in [1.165, 1.54) is 0 Å². The summed E-state index contributed by atoms with van der Waals surface area (Å²) in [4.78, 5) is 29.2. The van der Waals surface area contributed by atoms with Crippen LogP contribution < -0.4 is 19.7 Å². The third kappa shape index (κ3) is 5.49. The van der Waals surface area contributed by atoms with Gasteiger partial charge in [0.15, 0.2) is 0 Å². The lowest BCUT2D eigenvalue weighted by Gasteiger charge is -2.36. The third-order valence-electron chi connectivity index (χ3n) is 5.85. The van der Waals surface area contributed by atoms with Gasteiger partial charge in [-0.15, -0.1) is 0 Å². The molecule has 0 spiro atoms. The zero-order valence-corrected chi connectivity index (χ0v) is 19.5. The molecule has 1 aliphatic rings. The summed E-state index contributed by atoms with van der Waals surface area (Å²) < 4.78 is 10.6. The molecule has 0 aliphatic carbocycles. The summed E-state index contributed by atoms with van der Waals surface area (Å²) in [6.07, 6.45) is 1.15. The second kappa shape index (κ2) is 10.7. The predicted molar refractivity (Wildman–Crippen MR) is 133 cm³/mol. The van der Waals surface area contributed by atoms with Gasteiger partial charge in [0.25, 0.3) is 0 Å². The van der Waals surface area contributed by atoms with Gasteiger partial charge in [-0.05, 0) is 54.4 Å². The Morgan fingerprint density at radius 1 is 0.912 bits per heavy atom. The number of urea groups is 1. The first kappa shape index (κ1) is 23.2. The number of hydrogen-bond donors (Lipinski definition) is 1. The predicted octanol–water partition coefficient (Wildman–Crippen LogP) is 4.72. The summed E-state index contributed by atoms with van der Waals surface area (Å²) in [6.45, 7) is 1.86. The third-order valence-corrected chi connectivity index (χ3v) is 5.85. The Morgan fingerprint density at radius 2 is 1.65 bits per heavy atom. The van der Waals surface area contributed by atoms with Crippen molar-refractivity contribution in [2.45, 2.75) is 19.4 Å². The summed E-state index contributed by atoms with van der Waals surface area (Å²) >= 11 is 0. The topological polar surface area (TPSA) is 71.1 Å². The van der Waals surface area contributed by atoms with Gasteiger partial charge in [0.2, 0.25) is 5.91 Å². The molecule has 3 aromatic carbocycles. The second-order valence-electron chi connectivity index (χ2n) is 8.14. The van der Waals surface area contributed by atoms with Crippen molar-refractivity contribution in [1.82, 2.24) is 4.90 Å². The Hall–Kier alpha value is -4.00. The van der Waals surface area contributed by atoms with Crippen LogP contribution in [0.2, 0.25) is 0 Å². The number of methoxy groups -OCH3 is 2. The van der Waals surface area contributed by atoms with Gasteiger partial charge in [-0.1, -0.05) is 30.3 Å². The minimum Gasteiger partial charge on any atom is -0.497 e. The number of anilines is 2. The monoisotopic (exact) mass is 459 g/mol. The number of nitrogens with one attached hydrogen (secondary N) is 1. The van der Waals surface area contributed by atoms with Crippen molar-refractivity contribution < 1.29 is 19.1 Å². The van der Waals surface area contributed by atoms with Crippen molar-refractivity contribution in [3.8, 4) is 11.5 Å². The first-order valence-electron chi connectivity index (χ1n) is 11.3. The fraction of sp³-hybridized carbons (Fsp3) is 0.259. The Kier molecular flexibility index (Phi) is 7.32. The van der Waals surface area contributed by atoms with E-state index in [1.54, 1.807) is 19.1 Å². The Balaban J connectivity index is 1.37. The molecular weight excluding hydrogens is 430 g/mol. The number of ether oxygens (including phenoxy) is 2. The van der Waals surface area contributed by atoms with Crippen molar-refractivity contribution in [3.63, 3.8) is 0 Å². The molecule has 1 saturated heterocycles. The summed E-state index contributed by atoms with van der Waals surface area (Å²) in [5.41, 5.74) is 3.39. The van der Waals surface area contributed by atoms with Crippen LogP contribution >= 0.6 is 0 Å². The highest BCUT2D eigenvalue weighted by atomic mass is 16.5. The maximum Gasteiger partial charge on any atom is 0.324 e. The van der Waals surface area contributed by atoms with Crippen LogP contribution in [0.15, 0.2) is 72.8 Å². The summed E-state index contributed by atoms with van der Waals surface area (Å²) in [5.74, 6) is 1.44. The second-order valence-corrected chi connectivity index (χ2v) is 8.14. The molecule has 34 heavy (non-hydrogen) atoms. The van der Waals surface area contributed by atoms with Gasteiger partial charge in [-0.25, -0.2) is 4.79 Å². The largest absolute Gasteiger partial charge is 0.497 e. The number of benzene rings is 3. The highest BCUT2D eigenvalue weighted by molar-refractivity contribution is 5.94. The summed E-state index contributed by atoms with van der Waals surface area (Å²) in [5, 5.41) is 2.92. The molecule has 3 aromatic rings. The van der Waals surface area contributed by atoms with Crippen LogP contribution in [0.1, 0.15) is 17.5 Å². The smallest absolute Gasteiger partial charge is 0.324 e. The zero-order valence-electron chi connectivity index (χ0n) is 19.5. The van der Waals surface area contributed by atoms with E-state index in [-0.39, 0.29) is 18.4 Å². The number of nitrogens with zero attached hydrogens (tertiary/aromatic N) is 2. The minimum absolute atomic E-state index is 0.0338. The Labute approximate surface area is 199 Å². The molecule has 0 saturated carbocycles. The lowest BCUT2D eigenvalue weighted by Crippen LogP contribution is -2.49. The van der Waals surface area contributed by atoms with Crippen molar-refractivity contribution in [2.24, 2.45) is 0 Å². The van der Waals surface area contributed by atoms with Crippen LogP contribution in [-0.2, 0) is 17.8 Å². The first-order chi connectivity index (χ1) is 16.6. The molecule has 0 unspecified atom stereocenters. The molecule has 1 N–H and O–H groups in total. The number of rotatable bonds is 8. The van der Waals surface area contributed by atoms with Crippen LogP contribution in [-0.4, -0.2) is 44.1 Å². The van der Waals surface area contributed by atoms with Gasteiger partial charge in [0.05, 0.1) is 27.2 Å². The van der Waals surface area contributed by atoms with Crippen molar-refractivity contribution in [1.29, 1.82) is 0 Å². The van der Waals surface area contributed by atoms with Crippen LogP contribution in [0.4, 0.5) is 16.2 Å². The lowest BCUT2D eigenvalue weighted by molar-refractivity contribution is -0.115. The van der Waals surface area contributed by atoms with Crippen LogP contribution in [0, 0.1) is 0 Å². The van der Waals surface area contributed by atoms with Crippen molar-refractivity contribution in [2.75, 3.05) is 37.5 Å². The SMILES string of the molecule is COc1ccc(CC(=O)Nc2ccc(N3CCCN(Cc4ccccc4OC)C3=O)cc2)cc1. The average molecular weight is 460 g/mol. The van der Waals surface area contributed by atoms with Gasteiger partial charge in [-0.3, -0.25) is 9.69 Å². The number of amides is 3. The van der Waals surface area contributed by atoms with E-state index in [1.807, 2.05) is 77.7 Å². The first-order valence-corrected chi connectivity index (χ1v) is 11.3. The van der Waals surface area contributed by atoms with E-state index < -0.39 is 0 Å². The normalized spacial score (nSPS) is 13.5. The molecule has 0 aromatic heterocycles. The fourth-order valence-electron chi connectivity index (χ4n) is 4.07. The molecule has 7 heteroatoms. The standard InChI is InChI=1S/C27H29N3O4/c1-33-24-14-8-20(9-15-24)18-26(31)28-22-10-12-23(13-11-22)30-17-5-16-29(27(30)32)19-21-6-3-4-7-25(21)34-2/h3-4,6-15H,5,16-19H2,1-2H3,(H,28,31). The van der Waals surface area contributed by atoms with Crippen LogP contribution in [0.5, 0.6) is 11.5 Å². The molecule has 3 amide bonds. The molecule has 0 atom stereocenters. The number of para-hydroxylation sites is 1. The maximum atomic E-state index is 13.2. The van der Waals surface area contributed by atoms with E-state index in [4.69, 9.17) is 9.47 Å². The Morgan fingerprint density at radius 3 is 2.35 bits per heavy atom. The van der Waals surface area contributed by atoms with Crippen molar-refractivity contribution in [3.05, 3.63) is 83.9 Å². The maximum absolute atomic E-state index is 13.2. The van der Waals surface area contributed by atoms with Gasteiger partial charge in [0.1, 0.15) is 11.5 Å². The van der Waals surface area contributed by atoms with E-state index in [0.717, 1.165) is 34.7 Å². The van der Waals surface area contributed by atoms with Gasteiger partial charge >= 0.3 is 6.03 Å². The average Bonchev–Trinajstić information content (AvgIpc) is 2.86. The van der Waals surface area contributed by atoms with E-state index in [0.29, 0.717) is 25.3 Å². The van der Waals surface area contributed by atoms with Crippen molar-refractivity contribution >= 4 is 23.3 Å².